The second-order valence-electron chi connectivity index (χ2n) is 5.74. The van der Waals surface area contributed by atoms with Crippen molar-refractivity contribution < 1.29 is 4.79 Å². The summed E-state index contributed by atoms with van der Waals surface area (Å²) < 4.78 is 1.64. The lowest BCUT2D eigenvalue weighted by Gasteiger charge is -2.23. The topological polar surface area (TPSA) is 88.9 Å². The van der Waals surface area contributed by atoms with Crippen molar-refractivity contribution in [2.75, 3.05) is 18.4 Å². The summed E-state index contributed by atoms with van der Waals surface area (Å²) in [6.45, 7) is 4.34. The molecule has 0 saturated carbocycles. The van der Waals surface area contributed by atoms with Gasteiger partial charge in [-0.05, 0) is 50.4 Å². The van der Waals surface area contributed by atoms with Crippen LogP contribution in [0.15, 0.2) is 22.6 Å². The van der Waals surface area contributed by atoms with Gasteiger partial charge < -0.3 is 9.88 Å². The molecule has 0 spiro atoms. The van der Waals surface area contributed by atoms with Gasteiger partial charge in [-0.1, -0.05) is 11.3 Å². The van der Waals surface area contributed by atoms with Gasteiger partial charge in [0.1, 0.15) is 11.1 Å². The zero-order valence-corrected chi connectivity index (χ0v) is 15.0. The first-order chi connectivity index (χ1) is 11.1. The molecule has 1 saturated heterocycles. The van der Waals surface area contributed by atoms with Crippen LogP contribution in [-0.2, 0) is 6.54 Å². The number of nitrogens with one attached hydrogen (secondary N) is 2. The molecule has 3 rings (SSSR count). The van der Waals surface area contributed by atoms with Crippen LogP contribution in [0.1, 0.15) is 28.8 Å². The molecule has 9 heteroatoms. The number of piperidine rings is 1. The number of nitrogens with zero attached hydrogens (tertiary/aromatic N) is 3. The van der Waals surface area contributed by atoms with E-state index < -0.39 is 5.91 Å². The third-order valence-corrected chi connectivity index (χ3v) is 4.64. The number of carbonyl (C=O) groups is 1. The van der Waals surface area contributed by atoms with Crippen LogP contribution >= 0.6 is 23.7 Å². The van der Waals surface area contributed by atoms with Crippen molar-refractivity contribution in [3.05, 3.63) is 39.3 Å². The molecule has 0 aliphatic carbocycles. The highest BCUT2D eigenvalue weighted by Gasteiger charge is 2.19. The zero-order chi connectivity index (χ0) is 16.2. The maximum absolute atomic E-state index is 12.7. The minimum Gasteiger partial charge on any atom is -0.316 e. The van der Waals surface area contributed by atoms with Crippen LogP contribution in [0.2, 0.25) is 0 Å². The number of carbonyl (C=O) groups excluding carboxylic acids is 1. The molecule has 1 amide bonds. The molecule has 24 heavy (non-hydrogen) atoms. The molecule has 1 aliphatic heterocycles. The van der Waals surface area contributed by atoms with Crippen molar-refractivity contribution in [1.82, 2.24) is 20.1 Å². The van der Waals surface area contributed by atoms with Crippen molar-refractivity contribution in [3.63, 3.8) is 0 Å². The van der Waals surface area contributed by atoms with Crippen LogP contribution in [0.25, 0.3) is 0 Å². The molecule has 2 N–H and O–H groups in total. The largest absolute Gasteiger partial charge is 0.316 e. The fourth-order valence-corrected chi connectivity index (χ4v) is 3.27. The Balaban J connectivity index is 0.00000208. The number of hydrogen-bond donors (Lipinski definition) is 2. The second kappa shape index (κ2) is 8.36. The third-order valence-electron chi connectivity index (χ3n) is 4.03. The predicted octanol–water partition coefficient (Wildman–Crippen LogP) is 1.68. The Morgan fingerprint density at radius 3 is 3.04 bits per heavy atom. The standard InChI is InChI=1S/C15H19N5O2S.ClH/c1-10-4-6-20(8-11-3-2-5-16-7-11)14(22)12(10)13(21)18-15-19-17-9-23-15;/h4,6,9,11,16H,2-3,5,7-8H2,1H3,(H,18,19,21);1H. The molecule has 0 radical (unpaired) electrons. The lowest BCUT2D eigenvalue weighted by Crippen LogP contribution is -2.36. The monoisotopic (exact) mass is 369 g/mol. The molecule has 1 atom stereocenters. The number of aromatic nitrogens is 3. The van der Waals surface area contributed by atoms with E-state index in [1.165, 1.54) is 16.8 Å². The molecule has 1 unspecified atom stereocenters. The van der Waals surface area contributed by atoms with E-state index in [9.17, 15) is 9.59 Å². The Hall–Kier alpha value is -1.77. The van der Waals surface area contributed by atoms with E-state index in [4.69, 9.17) is 0 Å². The van der Waals surface area contributed by atoms with Crippen molar-refractivity contribution in [2.45, 2.75) is 26.3 Å². The van der Waals surface area contributed by atoms with Crippen LogP contribution < -0.4 is 16.2 Å². The van der Waals surface area contributed by atoms with Gasteiger partial charge in [0, 0.05) is 12.7 Å². The van der Waals surface area contributed by atoms with Gasteiger partial charge in [0.2, 0.25) is 5.13 Å². The number of rotatable bonds is 4. The summed E-state index contributed by atoms with van der Waals surface area (Å²) in [5, 5.41) is 13.8. The SMILES string of the molecule is Cc1ccn(CC2CCCNC2)c(=O)c1C(=O)Nc1nncs1.Cl. The van der Waals surface area contributed by atoms with Gasteiger partial charge in [-0.3, -0.25) is 14.9 Å². The highest BCUT2D eigenvalue weighted by molar-refractivity contribution is 7.13. The Kier molecular flexibility index (Phi) is 6.47. The number of hydrogen-bond acceptors (Lipinski definition) is 6. The summed E-state index contributed by atoms with van der Waals surface area (Å²) in [6.07, 6.45) is 3.99. The van der Waals surface area contributed by atoms with Crippen LogP contribution in [-0.4, -0.2) is 33.8 Å². The van der Waals surface area contributed by atoms with E-state index in [0.717, 1.165) is 25.9 Å². The van der Waals surface area contributed by atoms with E-state index >= 15 is 0 Å². The summed E-state index contributed by atoms with van der Waals surface area (Å²) >= 11 is 1.22. The Morgan fingerprint density at radius 2 is 2.38 bits per heavy atom. The quantitative estimate of drug-likeness (QED) is 0.856. The van der Waals surface area contributed by atoms with Crippen molar-refractivity contribution in [2.24, 2.45) is 5.92 Å². The van der Waals surface area contributed by atoms with Crippen LogP contribution in [0, 0.1) is 12.8 Å². The maximum atomic E-state index is 12.7. The molecule has 3 heterocycles. The molecule has 7 nitrogen and oxygen atoms in total. The highest BCUT2D eigenvalue weighted by atomic mass is 35.5. The first-order valence-corrected chi connectivity index (χ1v) is 8.51. The van der Waals surface area contributed by atoms with E-state index in [-0.39, 0.29) is 23.5 Å². The summed E-state index contributed by atoms with van der Waals surface area (Å²) in [4.78, 5) is 25.1. The van der Waals surface area contributed by atoms with Crippen molar-refractivity contribution in [3.8, 4) is 0 Å². The van der Waals surface area contributed by atoms with Crippen molar-refractivity contribution in [1.29, 1.82) is 0 Å². The predicted molar refractivity (Wildman–Crippen MR) is 96.1 cm³/mol. The van der Waals surface area contributed by atoms with Gasteiger partial charge in [0.05, 0.1) is 0 Å². The Morgan fingerprint density at radius 1 is 1.54 bits per heavy atom. The van der Waals surface area contributed by atoms with Crippen LogP contribution in [0.5, 0.6) is 0 Å². The van der Waals surface area contributed by atoms with Gasteiger partial charge in [-0.15, -0.1) is 22.6 Å². The van der Waals surface area contributed by atoms with Gasteiger partial charge in [0.25, 0.3) is 11.5 Å². The maximum Gasteiger partial charge on any atom is 0.263 e. The fourth-order valence-electron chi connectivity index (χ4n) is 2.83. The zero-order valence-electron chi connectivity index (χ0n) is 13.3. The smallest absolute Gasteiger partial charge is 0.263 e. The average Bonchev–Trinajstić information content (AvgIpc) is 3.04. The number of amides is 1. The van der Waals surface area contributed by atoms with E-state index in [1.807, 2.05) is 6.07 Å². The van der Waals surface area contributed by atoms with Gasteiger partial charge in [0.15, 0.2) is 0 Å². The van der Waals surface area contributed by atoms with Crippen LogP contribution in [0.4, 0.5) is 5.13 Å². The minimum absolute atomic E-state index is 0. The second-order valence-corrected chi connectivity index (χ2v) is 6.57. The van der Waals surface area contributed by atoms with Crippen LogP contribution in [0.3, 0.4) is 0 Å². The molecule has 0 aromatic carbocycles. The molecule has 1 fully saturated rings. The normalized spacial score (nSPS) is 17.1. The van der Waals surface area contributed by atoms with Gasteiger partial charge >= 0.3 is 0 Å². The van der Waals surface area contributed by atoms with E-state index in [0.29, 0.717) is 23.2 Å². The Labute approximate surface area is 149 Å². The highest BCUT2D eigenvalue weighted by Crippen LogP contribution is 2.14. The summed E-state index contributed by atoms with van der Waals surface area (Å²) in [7, 11) is 0. The average molecular weight is 370 g/mol. The molecule has 2 aromatic heterocycles. The number of halogens is 1. The van der Waals surface area contributed by atoms with Gasteiger partial charge in [-0.2, -0.15) is 0 Å². The molecular weight excluding hydrogens is 350 g/mol. The lowest BCUT2D eigenvalue weighted by molar-refractivity contribution is 0.102. The lowest BCUT2D eigenvalue weighted by atomic mass is 9.99. The van der Waals surface area contributed by atoms with E-state index in [1.54, 1.807) is 17.7 Å². The Bertz CT molecular complexity index is 741. The molecule has 0 bridgehead atoms. The summed E-state index contributed by atoms with van der Waals surface area (Å²) in [5.74, 6) is -0.0106. The summed E-state index contributed by atoms with van der Waals surface area (Å²) in [6, 6.07) is 1.81. The fraction of sp³-hybridized carbons (Fsp3) is 0.467. The molecule has 130 valence electrons. The molecular formula is C15H20ClN5O2S. The minimum atomic E-state index is -0.430. The van der Waals surface area contributed by atoms with E-state index in [2.05, 4.69) is 20.8 Å². The summed E-state index contributed by atoms with van der Waals surface area (Å²) in [5.41, 5.74) is 2.11. The van der Waals surface area contributed by atoms with Crippen molar-refractivity contribution >= 4 is 34.8 Å². The first-order valence-electron chi connectivity index (χ1n) is 7.63. The number of aryl methyl sites for hydroxylation is 1. The number of pyridine rings is 1. The molecule has 2 aromatic rings. The first kappa shape index (κ1) is 18.6. The van der Waals surface area contributed by atoms with Gasteiger partial charge in [-0.25, -0.2) is 0 Å². The molecule has 1 aliphatic rings. The number of anilines is 1. The third kappa shape index (κ3) is 4.19.